The Morgan fingerprint density at radius 3 is 2.50 bits per heavy atom. The summed E-state index contributed by atoms with van der Waals surface area (Å²) in [5.74, 6) is 0. The molecule has 3 nitrogen and oxygen atoms in total. The van der Waals surface area contributed by atoms with Crippen molar-refractivity contribution in [2.45, 2.75) is 20.8 Å². The van der Waals surface area contributed by atoms with Gasteiger partial charge >= 0.3 is 0 Å². The Balaban J connectivity index is 0.000000574. The Kier molecular flexibility index (Phi) is 3.72. The van der Waals surface area contributed by atoms with Crippen LogP contribution in [0.3, 0.4) is 0 Å². The Labute approximate surface area is 107 Å². The maximum atomic E-state index is 4.41. The second-order valence-corrected chi connectivity index (χ2v) is 3.80. The maximum Gasteiger partial charge on any atom is 0.111 e. The lowest BCUT2D eigenvalue weighted by Gasteiger charge is -1.99. The first kappa shape index (κ1) is 12.3. The molecule has 3 heteroatoms. The summed E-state index contributed by atoms with van der Waals surface area (Å²) in [7, 11) is 0. The van der Waals surface area contributed by atoms with Crippen LogP contribution in [0.2, 0.25) is 0 Å². The monoisotopic (exact) mass is 239 g/mol. The van der Waals surface area contributed by atoms with E-state index in [0.717, 1.165) is 27.9 Å². The molecule has 3 rings (SSSR count). The second kappa shape index (κ2) is 5.45. The molecule has 2 heterocycles. The Bertz CT molecular complexity index is 627. The van der Waals surface area contributed by atoms with E-state index in [4.69, 9.17) is 0 Å². The number of aromatic amines is 1. The zero-order valence-corrected chi connectivity index (χ0v) is 10.9. The van der Waals surface area contributed by atoms with Crippen LogP contribution < -0.4 is 0 Å². The number of hydrogen-bond donors (Lipinski definition) is 1. The van der Waals surface area contributed by atoms with Crippen LogP contribution in [-0.2, 0) is 0 Å². The largest absolute Gasteiger partial charge is 0.282 e. The van der Waals surface area contributed by atoms with Crippen LogP contribution in [0.5, 0.6) is 0 Å². The zero-order chi connectivity index (χ0) is 13.0. The summed E-state index contributed by atoms with van der Waals surface area (Å²) >= 11 is 0. The quantitative estimate of drug-likeness (QED) is 0.698. The van der Waals surface area contributed by atoms with Gasteiger partial charge in [0.1, 0.15) is 5.52 Å². The number of nitrogens with zero attached hydrogens (tertiary/aromatic N) is 2. The third-order valence-corrected chi connectivity index (χ3v) is 2.70. The number of benzene rings is 1. The van der Waals surface area contributed by atoms with E-state index < -0.39 is 0 Å². The molecule has 1 aromatic carbocycles. The van der Waals surface area contributed by atoms with E-state index in [1.807, 2.05) is 39.0 Å². The number of rotatable bonds is 1. The van der Waals surface area contributed by atoms with E-state index >= 15 is 0 Å². The topological polar surface area (TPSA) is 41.6 Å². The van der Waals surface area contributed by atoms with Crippen molar-refractivity contribution in [3.05, 3.63) is 48.3 Å². The number of H-pyrrole nitrogens is 1. The average Bonchev–Trinajstić information content (AvgIpc) is 2.83. The molecular weight excluding hydrogens is 222 g/mol. The Morgan fingerprint density at radius 2 is 1.78 bits per heavy atom. The van der Waals surface area contributed by atoms with Gasteiger partial charge in [-0.3, -0.25) is 10.1 Å². The molecule has 0 amide bonds. The fraction of sp³-hybridized carbons (Fsp3) is 0.200. The van der Waals surface area contributed by atoms with Crippen molar-refractivity contribution in [2.24, 2.45) is 0 Å². The SMILES string of the molecule is CC.Cc1[nH]nc2cnc(-c3ccccc3)cc12. The fourth-order valence-electron chi connectivity index (χ4n) is 1.81. The standard InChI is InChI=1S/C13H11N3.C2H6/c1-9-11-7-12(10-5-3-2-4-6-10)14-8-13(11)16-15-9;1-2/h2-8H,1H3,(H,15,16);1-2H3. The van der Waals surface area contributed by atoms with Crippen LogP contribution in [0.25, 0.3) is 22.2 Å². The normalized spacial score (nSPS) is 9.94. The molecule has 0 aliphatic rings. The van der Waals surface area contributed by atoms with Gasteiger partial charge in [-0.05, 0) is 13.0 Å². The number of aryl methyl sites for hydroxylation is 1. The van der Waals surface area contributed by atoms with Gasteiger partial charge in [-0.1, -0.05) is 44.2 Å². The van der Waals surface area contributed by atoms with Gasteiger partial charge in [-0.15, -0.1) is 0 Å². The van der Waals surface area contributed by atoms with E-state index in [1.165, 1.54) is 0 Å². The predicted molar refractivity (Wildman–Crippen MR) is 75.4 cm³/mol. The second-order valence-electron chi connectivity index (χ2n) is 3.80. The van der Waals surface area contributed by atoms with E-state index in [-0.39, 0.29) is 0 Å². The highest BCUT2D eigenvalue weighted by Crippen LogP contribution is 2.22. The van der Waals surface area contributed by atoms with Gasteiger partial charge < -0.3 is 0 Å². The minimum Gasteiger partial charge on any atom is -0.282 e. The summed E-state index contributed by atoms with van der Waals surface area (Å²) in [5, 5.41) is 8.26. The lowest BCUT2D eigenvalue weighted by atomic mass is 10.1. The van der Waals surface area contributed by atoms with Crippen LogP contribution in [-0.4, -0.2) is 15.2 Å². The molecule has 0 radical (unpaired) electrons. The average molecular weight is 239 g/mol. The van der Waals surface area contributed by atoms with Gasteiger partial charge in [0.2, 0.25) is 0 Å². The molecule has 3 aromatic rings. The van der Waals surface area contributed by atoms with Gasteiger partial charge in [0.15, 0.2) is 0 Å². The van der Waals surface area contributed by atoms with Gasteiger partial charge in [0, 0.05) is 16.6 Å². The number of hydrogen-bond acceptors (Lipinski definition) is 2. The molecule has 0 unspecified atom stereocenters. The third kappa shape index (κ3) is 2.25. The highest BCUT2D eigenvalue weighted by Gasteiger charge is 2.04. The highest BCUT2D eigenvalue weighted by molar-refractivity contribution is 5.84. The molecular formula is C15H17N3. The molecule has 0 bridgehead atoms. The number of nitrogens with one attached hydrogen (secondary N) is 1. The van der Waals surface area contributed by atoms with Crippen LogP contribution in [0.15, 0.2) is 42.6 Å². The molecule has 0 saturated carbocycles. The summed E-state index contributed by atoms with van der Waals surface area (Å²) in [6.07, 6.45) is 1.81. The number of aromatic nitrogens is 3. The predicted octanol–water partition coefficient (Wildman–Crippen LogP) is 3.96. The minimum absolute atomic E-state index is 0.914. The zero-order valence-electron chi connectivity index (χ0n) is 10.9. The van der Waals surface area contributed by atoms with Crippen LogP contribution in [0.4, 0.5) is 0 Å². The van der Waals surface area contributed by atoms with Gasteiger partial charge in [-0.2, -0.15) is 5.10 Å². The summed E-state index contributed by atoms with van der Waals surface area (Å²) in [6.45, 7) is 6.02. The van der Waals surface area contributed by atoms with Crippen molar-refractivity contribution in [3.63, 3.8) is 0 Å². The van der Waals surface area contributed by atoms with Crippen molar-refractivity contribution in [1.82, 2.24) is 15.2 Å². The van der Waals surface area contributed by atoms with Crippen LogP contribution >= 0.6 is 0 Å². The number of fused-ring (bicyclic) bond motifs is 1. The third-order valence-electron chi connectivity index (χ3n) is 2.70. The van der Waals surface area contributed by atoms with E-state index in [1.54, 1.807) is 6.20 Å². The molecule has 0 saturated heterocycles. The summed E-state index contributed by atoms with van der Waals surface area (Å²) < 4.78 is 0. The molecule has 0 spiro atoms. The first-order chi connectivity index (χ1) is 8.84. The lowest BCUT2D eigenvalue weighted by Crippen LogP contribution is -1.82. The van der Waals surface area contributed by atoms with Crippen molar-refractivity contribution in [2.75, 3.05) is 0 Å². The minimum atomic E-state index is 0.914. The first-order valence-corrected chi connectivity index (χ1v) is 6.21. The molecule has 1 N–H and O–H groups in total. The molecule has 0 aliphatic carbocycles. The smallest absolute Gasteiger partial charge is 0.111 e. The van der Waals surface area contributed by atoms with Gasteiger partial charge in [0.25, 0.3) is 0 Å². The molecule has 92 valence electrons. The van der Waals surface area contributed by atoms with E-state index in [9.17, 15) is 0 Å². The van der Waals surface area contributed by atoms with E-state index in [2.05, 4.69) is 33.4 Å². The molecule has 2 aromatic heterocycles. The summed E-state index contributed by atoms with van der Waals surface area (Å²) in [5.41, 5.74) is 4.11. The molecule has 18 heavy (non-hydrogen) atoms. The van der Waals surface area contributed by atoms with Crippen molar-refractivity contribution < 1.29 is 0 Å². The lowest BCUT2D eigenvalue weighted by molar-refractivity contribution is 1.07. The molecule has 0 fully saturated rings. The van der Waals surface area contributed by atoms with Crippen LogP contribution in [0.1, 0.15) is 19.5 Å². The summed E-state index contributed by atoms with van der Waals surface area (Å²) in [4.78, 5) is 4.41. The van der Waals surface area contributed by atoms with Crippen molar-refractivity contribution >= 4 is 10.9 Å². The Morgan fingerprint density at radius 1 is 1.06 bits per heavy atom. The molecule has 0 aliphatic heterocycles. The van der Waals surface area contributed by atoms with Crippen molar-refractivity contribution in [1.29, 1.82) is 0 Å². The fourth-order valence-corrected chi connectivity index (χ4v) is 1.81. The maximum absolute atomic E-state index is 4.41. The van der Waals surface area contributed by atoms with Gasteiger partial charge in [-0.25, -0.2) is 0 Å². The van der Waals surface area contributed by atoms with Crippen molar-refractivity contribution in [3.8, 4) is 11.3 Å². The van der Waals surface area contributed by atoms with Crippen LogP contribution in [0, 0.1) is 6.92 Å². The Hall–Kier alpha value is -2.16. The highest BCUT2D eigenvalue weighted by atomic mass is 15.1. The summed E-state index contributed by atoms with van der Waals surface area (Å²) in [6, 6.07) is 12.2. The van der Waals surface area contributed by atoms with Gasteiger partial charge in [0.05, 0.1) is 11.9 Å². The number of pyridine rings is 1. The first-order valence-electron chi connectivity index (χ1n) is 6.21. The van der Waals surface area contributed by atoms with E-state index in [0.29, 0.717) is 0 Å². The molecule has 0 atom stereocenters.